The molecule has 0 saturated heterocycles. The molecule has 1 unspecified atom stereocenters. The quantitative estimate of drug-likeness (QED) is 0.832. The standard InChI is InChI=1S/C14H16ClNO2/c1-4-6-11(5-2)16-14(17)12-8-7-10(15)9-13(12)18-3/h2,7-9,11H,4,6H2,1,3H3,(H,16,17). The molecule has 1 amide bonds. The molecule has 0 aromatic heterocycles. The van der Waals surface area contributed by atoms with Gasteiger partial charge in [0.15, 0.2) is 0 Å². The number of ether oxygens (including phenoxy) is 1. The first-order valence-electron chi connectivity index (χ1n) is 5.72. The summed E-state index contributed by atoms with van der Waals surface area (Å²) in [4.78, 5) is 12.1. The van der Waals surface area contributed by atoms with Crippen molar-refractivity contribution in [2.45, 2.75) is 25.8 Å². The van der Waals surface area contributed by atoms with E-state index in [0.717, 1.165) is 12.8 Å². The number of terminal acetylenes is 1. The number of halogens is 1. The molecule has 0 spiro atoms. The van der Waals surface area contributed by atoms with E-state index >= 15 is 0 Å². The molecule has 0 heterocycles. The Labute approximate surface area is 112 Å². The van der Waals surface area contributed by atoms with E-state index < -0.39 is 0 Å². The van der Waals surface area contributed by atoms with E-state index in [-0.39, 0.29) is 11.9 Å². The first kappa shape index (κ1) is 14.4. The van der Waals surface area contributed by atoms with E-state index in [1.807, 2.05) is 6.92 Å². The van der Waals surface area contributed by atoms with Crippen LogP contribution in [0.1, 0.15) is 30.1 Å². The fourth-order valence-electron chi connectivity index (χ4n) is 1.57. The summed E-state index contributed by atoms with van der Waals surface area (Å²) in [5.74, 6) is 2.74. The number of hydrogen-bond acceptors (Lipinski definition) is 2. The second-order valence-electron chi connectivity index (χ2n) is 3.83. The molecule has 0 saturated carbocycles. The molecule has 0 fully saturated rings. The van der Waals surface area contributed by atoms with Gasteiger partial charge in [-0.25, -0.2) is 0 Å². The maximum Gasteiger partial charge on any atom is 0.256 e. The number of methoxy groups -OCH3 is 1. The van der Waals surface area contributed by atoms with Gasteiger partial charge in [-0.3, -0.25) is 4.79 Å². The van der Waals surface area contributed by atoms with E-state index in [0.29, 0.717) is 16.3 Å². The van der Waals surface area contributed by atoms with Crippen molar-refractivity contribution in [3.63, 3.8) is 0 Å². The van der Waals surface area contributed by atoms with Gasteiger partial charge in [0.25, 0.3) is 5.91 Å². The largest absolute Gasteiger partial charge is 0.496 e. The SMILES string of the molecule is C#CC(CCC)NC(=O)c1ccc(Cl)cc1OC. The lowest BCUT2D eigenvalue weighted by atomic mass is 10.1. The summed E-state index contributed by atoms with van der Waals surface area (Å²) in [5, 5.41) is 3.30. The lowest BCUT2D eigenvalue weighted by Crippen LogP contribution is -2.33. The van der Waals surface area contributed by atoms with Crippen molar-refractivity contribution in [2.75, 3.05) is 7.11 Å². The molecule has 1 atom stereocenters. The lowest BCUT2D eigenvalue weighted by molar-refractivity contribution is 0.0941. The van der Waals surface area contributed by atoms with Crippen LogP contribution < -0.4 is 10.1 Å². The number of amides is 1. The zero-order valence-corrected chi connectivity index (χ0v) is 11.3. The van der Waals surface area contributed by atoms with Crippen LogP contribution in [0.25, 0.3) is 0 Å². The molecule has 0 radical (unpaired) electrons. The number of carbonyl (C=O) groups excluding carboxylic acids is 1. The van der Waals surface area contributed by atoms with Gasteiger partial charge in [-0.15, -0.1) is 6.42 Å². The van der Waals surface area contributed by atoms with Crippen LogP contribution in [0, 0.1) is 12.3 Å². The predicted molar refractivity (Wildman–Crippen MR) is 73.0 cm³/mol. The highest BCUT2D eigenvalue weighted by atomic mass is 35.5. The Morgan fingerprint density at radius 2 is 2.33 bits per heavy atom. The average Bonchev–Trinajstić information content (AvgIpc) is 2.37. The van der Waals surface area contributed by atoms with Gasteiger partial charge in [0.1, 0.15) is 5.75 Å². The van der Waals surface area contributed by atoms with Crippen molar-refractivity contribution in [1.82, 2.24) is 5.32 Å². The third-order valence-corrected chi connectivity index (χ3v) is 2.73. The van der Waals surface area contributed by atoms with Crippen LogP contribution >= 0.6 is 11.6 Å². The predicted octanol–water partition coefficient (Wildman–Crippen LogP) is 2.88. The Bertz CT molecular complexity index is 465. The number of rotatable bonds is 5. The van der Waals surface area contributed by atoms with Gasteiger partial charge in [0.05, 0.1) is 18.7 Å². The van der Waals surface area contributed by atoms with Crippen molar-refractivity contribution < 1.29 is 9.53 Å². The monoisotopic (exact) mass is 265 g/mol. The normalized spacial score (nSPS) is 11.4. The second-order valence-corrected chi connectivity index (χ2v) is 4.26. The van der Waals surface area contributed by atoms with Gasteiger partial charge in [0, 0.05) is 5.02 Å². The number of carbonyl (C=O) groups is 1. The molecular weight excluding hydrogens is 250 g/mol. The summed E-state index contributed by atoms with van der Waals surface area (Å²) in [6.45, 7) is 2.01. The van der Waals surface area contributed by atoms with E-state index in [9.17, 15) is 4.79 Å². The Morgan fingerprint density at radius 3 is 2.89 bits per heavy atom. The summed E-state index contributed by atoms with van der Waals surface area (Å²) >= 11 is 5.84. The van der Waals surface area contributed by atoms with Crippen LogP contribution in [0.15, 0.2) is 18.2 Å². The van der Waals surface area contributed by atoms with Crippen LogP contribution in [-0.2, 0) is 0 Å². The van der Waals surface area contributed by atoms with E-state index in [1.165, 1.54) is 7.11 Å². The third kappa shape index (κ3) is 3.68. The molecule has 1 N–H and O–H groups in total. The zero-order valence-electron chi connectivity index (χ0n) is 10.5. The van der Waals surface area contributed by atoms with Crippen molar-refractivity contribution in [3.8, 4) is 18.1 Å². The second kappa shape index (κ2) is 6.93. The van der Waals surface area contributed by atoms with Crippen molar-refractivity contribution in [3.05, 3.63) is 28.8 Å². The van der Waals surface area contributed by atoms with Crippen molar-refractivity contribution in [2.24, 2.45) is 0 Å². The molecule has 18 heavy (non-hydrogen) atoms. The van der Waals surface area contributed by atoms with Crippen LogP contribution in [0.5, 0.6) is 5.75 Å². The molecule has 1 aromatic rings. The first-order chi connectivity index (χ1) is 8.62. The summed E-state index contributed by atoms with van der Waals surface area (Å²) in [6.07, 6.45) is 7.02. The maximum absolute atomic E-state index is 12.1. The van der Waals surface area contributed by atoms with Gasteiger partial charge in [-0.05, 0) is 24.6 Å². The Balaban J connectivity index is 2.87. The molecule has 0 aliphatic carbocycles. The molecule has 3 nitrogen and oxygen atoms in total. The number of hydrogen-bond donors (Lipinski definition) is 1. The molecule has 0 aliphatic rings. The minimum atomic E-state index is -0.261. The molecule has 0 aliphatic heterocycles. The number of nitrogens with one attached hydrogen (secondary N) is 1. The molecule has 1 rings (SSSR count). The molecule has 1 aromatic carbocycles. The molecule has 0 bridgehead atoms. The van der Waals surface area contributed by atoms with Crippen molar-refractivity contribution >= 4 is 17.5 Å². The van der Waals surface area contributed by atoms with E-state index in [2.05, 4.69) is 11.2 Å². The average molecular weight is 266 g/mol. The zero-order chi connectivity index (χ0) is 13.5. The van der Waals surface area contributed by atoms with Gasteiger partial charge in [-0.2, -0.15) is 0 Å². The highest BCUT2D eigenvalue weighted by Crippen LogP contribution is 2.23. The van der Waals surface area contributed by atoms with Gasteiger partial charge >= 0.3 is 0 Å². The molecule has 4 heteroatoms. The van der Waals surface area contributed by atoms with Crippen LogP contribution in [0.3, 0.4) is 0 Å². The van der Waals surface area contributed by atoms with Crippen molar-refractivity contribution in [1.29, 1.82) is 0 Å². The van der Waals surface area contributed by atoms with E-state index in [1.54, 1.807) is 18.2 Å². The van der Waals surface area contributed by atoms with Gasteiger partial charge < -0.3 is 10.1 Å². The smallest absolute Gasteiger partial charge is 0.256 e. The fraction of sp³-hybridized carbons (Fsp3) is 0.357. The summed E-state index contributed by atoms with van der Waals surface area (Å²) in [6, 6.07) is 4.60. The summed E-state index contributed by atoms with van der Waals surface area (Å²) < 4.78 is 5.13. The Kier molecular flexibility index (Phi) is 5.54. The third-order valence-electron chi connectivity index (χ3n) is 2.49. The lowest BCUT2D eigenvalue weighted by Gasteiger charge is -2.14. The van der Waals surface area contributed by atoms with Crippen LogP contribution in [0.2, 0.25) is 5.02 Å². The Morgan fingerprint density at radius 1 is 1.61 bits per heavy atom. The molecular formula is C14H16ClNO2. The topological polar surface area (TPSA) is 38.3 Å². The minimum absolute atomic E-state index is 0.250. The summed E-state index contributed by atoms with van der Waals surface area (Å²) in [7, 11) is 1.49. The van der Waals surface area contributed by atoms with Gasteiger partial charge in [-0.1, -0.05) is 30.9 Å². The van der Waals surface area contributed by atoms with Crippen LogP contribution in [0.4, 0.5) is 0 Å². The summed E-state index contributed by atoms with van der Waals surface area (Å²) in [5.41, 5.74) is 0.429. The highest BCUT2D eigenvalue weighted by Gasteiger charge is 2.15. The highest BCUT2D eigenvalue weighted by molar-refractivity contribution is 6.30. The minimum Gasteiger partial charge on any atom is -0.496 e. The first-order valence-corrected chi connectivity index (χ1v) is 6.10. The Hall–Kier alpha value is -1.66. The fourth-order valence-corrected chi connectivity index (χ4v) is 1.74. The number of benzene rings is 1. The van der Waals surface area contributed by atoms with Gasteiger partial charge in [0.2, 0.25) is 0 Å². The van der Waals surface area contributed by atoms with E-state index in [4.69, 9.17) is 22.8 Å². The molecule has 96 valence electrons. The van der Waals surface area contributed by atoms with Crippen LogP contribution in [-0.4, -0.2) is 19.1 Å². The maximum atomic E-state index is 12.1.